The molecule has 0 spiro atoms. The molecule has 1 heterocycles. The van der Waals surface area contributed by atoms with Crippen LogP contribution in [0.15, 0.2) is 24.3 Å². The summed E-state index contributed by atoms with van der Waals surface area (Å²) in [7, 11) is 1.74. The van der Waals surface area contributed by atoms with Crippen molar-refractivity contribution in [3.05, 3.63) is 29.8 Å². The van der Waals surface area contributed by atoms with Crippen molar-refractivity contribution in [2.75, 3.05) is 39.8 Å². The lowest BCUT2D eigenvalue weighted by atomic mass is 10.0. The fraction of sp³-hybridized carbons (Fsp3) is 0.600. The number of piperazine rings is 1. The van der Waals surface area contributed by atoms with Crippen molar-refractivity contribution >= 4 is 0 Å². The highest BCUT2D eigenvalue weighted by Crippen LogP contribution is 2.30. The highest BCUT2D eigenvalue weighted by molar-refractivity contribution is 5.36. The van der Waals surface area contributed by atoms with Crippen LogP contribution < -0.4 is 15.8 Å². The molecule has 0 bridgehead atoms. The molecular weight excluding hydrogens is 238 g/mol. The third-order valence-electron chi connectivity index (χ3n) is 3.75. The second-order valence-corrected chi connectivity index (χ2v) is 4.99. The predicted molar refractivity (Wildman–Crippen MR) is 78.5 cm³/mol. The van der Waals surface area contributed by atoms with Crippen LogP contribution in [0.5, 0.6) is 5.75 Å². The number of ether oxygens (including phenoxy) is 1. The highest BCUT2D eigenvalue weighted by atomic mass is 16.5. The van der Waals surface area contributed by atoms with E-state index in [-0.39, 0.29) is 0 Å². The molecule has 1 aliphatic heterocycles. The van der Waals surface area contributed by atoms with Crippen molar-refractivity contribution < 1.29 is 4.74 Å². The summed E-state index contributed by atoms with van der Waals surface area (Å²) in [5.74, 6) is 0.986. The zero-order valence-electron chi connectivity index (χ0n) is 11.8. The fourth-order valence-electron chi connectivity index (χ4n) is 2.72. The van der Waals surface area contributed by atoms with Crippen molar-refractivity contribution in [2.45, 2.75) is 18.9 Å². The lowest BCUT2D eigenvalue weighted by Gasteiger charge is -2.37. The summed E-state index contributed by atoms with van der Waals surface area (Å²) in [4.78, 5) is 2.55. The summed E-state index contributed by atoms with van der Waals surface area (Å²) in [5.41, 5.74) is 6.87. The summed E-state index contributed by atoms with van der Waals surface area (Å²) in [6, 6.07) is 8.73. The van der Waals surface area contributed by atoms with Crippen LogP contribution in [0.25, 0.3) is 0 Å². The molecule has 0 radical (unpaired) electrons. The number of benzene rings is 1. The summed E-state index contributed by atoms with van der Waals surface area (Å²) in [6.07, 6.45) is 2.27. The smallest absolute Gasteiger partial charge is 0.123 e. The fourth-order valence-corrected chi connectivity index (χ4v) is 2.72. The second kappa shape index (κ2) is 7.48. The summed E-state index contributed by atoms with van der Waals surface area (Å²) in [5, 5.41) is 3.48. The van der Waals surface area contributed by atoms with Crippen LogP contribution in [0.2, 0.25) is 0 Å². The molecule has 19 heavy (non-hydrogen) atoms. The third-order valence-corrected chi connectivity index (χ3v) is 3.75. The van der Waals surface area contributed by atoms with Gasteiger partial charge in [-0.15, -0.1) is 0 Å². The van der Waals surface area contributed by atoms with E-state index in [4.69, 9.17) is 10.5 Å². The van der Waals surface area contributed by atoms with E-state index in [9.17, 15) is 0 Å². The van der Waals surface area contributed by atoms with E-state index in [0.29, 0.717) is 6.04 Å². The average Bonchev–Trinajstić information content (AvgIpc) is 2.48. The van der Waals surface area contributed by atoms with Crippen molar-refractivity contribution in [3.8, 4) is 5.75 Å². The third kappa shape index (κ3) is 3.69. The molecule has 1 atom stereocenters. The van der Waals surface area contributed by atoms with E-state index < -0.39 is 0 Å². The first-order valence-electron chi connectivity index (χ1n) is 7.14. The molecule has 4 heteroatoms. The van der Waals surface area contributed by atoms with Gasteiger partial charge in [-0.3, -0.25) is 4.90 Å². The Morgan fingerprint density at radius 3 is 3.00 bits per heavy atom. The predicted octanol–water partition coefficient (Wildman–Crippen LogP) is 1.38. The Balaban J connectivity index is 2.09. The second-order valence-electron chi connectivity index (χ2n) is 4.99. The molecule has 4 nitrogen and oxygen atoms in total. The van der Waals surface area contributed by atoms with Gasteiger partial charge in [-0.05, 0) is 32.0 Å². The maximum absolute atomic E-state index is 5.58. The van der Waals surface area contributed by atoms with Gasteiger partial charge in [-0.1, -0.05) is 18.2 Å². The monoisotopic (exact) mass is 263 g/mol. The molecule has 3 N–H and O–H groups in total. The first kappa shape index (κ1) is 14.3. The molecule has 1 saturated heterocycles. The molecule has 106 valence electrons. The SMILES string of the molecule is COc1ccccc1C1CNCCN1CCCCN. The summed E-state index contributed by atoms with van der Waals surface area (Å²) < 4.78 is 5.50. The minimum atomic E-state index is 0.405. The minimum Gasteiger partial charge on any atom is -0.496 e. The molecule has 1 aromatic rings. The number of unbranched alkanes of at least 4 members (excludes halogenated alkanes) is 1. The maximum Gasteiger partial charge on any atom is 0.123 e. The first-order valence-corrected chi connectivity index (χ1v) is 7.14. The molecule has 0 aliphatic carbocycles. The standard InChI is InChI=1S/C15H25N3O/c1-19-15-7-3-2-6-13(15)14-12-17-9-11-18(14)10-5-4-8-16/h2-3,6-7,14,17H,4-5,8-12,16H2,1H3. The average molecular weight is 263 g/mol. The van der Waals surface area contributed by atoms with Crippen molar-refractivity contribution in [1.29, 1.82) is 0 Å². The largest absolute Gasteiger partial charge is 0.496 e. The van der Waals surface area contributed by atoms with Crippen LogP contribution in [0.4, 0.5) is 0 Å². The quantitative estimate of drug-likeness (QED) is 0.761. The zero-order chi connectivity index (χ0) is 13.5. The number of hydrogen-bond acceptors (Lipinski definition) is 4. The van der Waals surface area contributed by atoms with Crippen LogP contribution in [0.3, 0.4) is 0 Å². The van der Waals surface area contributed by atoms with Gasteiger partial charge in [0.05, 0.1) is 13.2 Å². The van der Waals surface area contributed by atoms with E-state index in [1.165, 1.54) is 12.0 Å². The topological polar surface area (TPSA) is 50.5 Å². The number of nitrogens with zero attached hydrogens (tertiary/aromatic N) is 1. The Morgan fingerprint density at radius 2 is 2.21 bits per heavy atom. The van der Waals surface area contributed by atoms with Gasteiger partial charge in [0, 0.05) is 25.2 Å². The number of rotatable bonds is 6. The van der Waals surface area contributed by atoms with Gasteiger partial charge < -0.3 is 15.8 Å². The number of nitrogens with one attached hydrogen (secondary N) is 1. The molecule has 0 amide bonds. The van der Waals surface area contributed by atoms with E-state index in [1.807, 2.05) is 12.1 Å². The van der Waals surface area contributed by atoms with Crippen LogP contribution in [0, 0.1) is 0 Å². The first-order chi connectivity index (χ1) is 9.36. The minimum absolute atomic E-state index is 0.405. The molecular formula is C15H25N3O. The molecule has 1 unspecified atom stereocenters. The van der Waals surface area contributed by atoms with Gasteiger partial charge in [0.15, 0.2) is 0 Å². The molecule has 1 aliphatic rings. The maximum atomic E-state index is 5.58. The van der Waals surface area contributed by atoms with Gasteiger partial charge in [-0.25, -0.2) is 0 Å². The van der Waals surface area contributed by atoms with Crippen LogP contribution in [-0.4, -0.2) is 44.7 Å². The van der Waals surface area contributed by atoms with Gasteiger partial charge in [0.25, 0.3) is 0 Å². The normalized spacial score (nSPS) is 20.4. The summed E-state index contributed by atoms with van der Waals surface area (Å²) in [6.45, 7) is 5.04. The number of methoxy groups -OCH3 is 1. The lowest BCUT2D eigenvalue weighted by molar-refractivity contribution is 0.156. The Bertz CT molecular complexity index is 383. The lowest BCUT2D eigenvalue weighted by Crippen LogP contribution is -2.46. The number of hydrogen-bond donors (Lipinski definition) is 2. The van der Waals surface area contributed by atoms with Gasteiger partial charge in [-0.2, -0.15) is 0 Å². The Kier molecular flexibility index (Phi) is 5.63. The molecule has 1 fully saturated rings. The zero-order valence-corrected chi connectivity index (χ0v) is 11.8. The van der Waals surface area contributed by atoms with E-state index in [0.717, 1.165) is 44.9 Å². The van der Waals surface area contributed by atoms with Crippen LogP contribution >= 0.6 is 0 Å². The Labute approximate surface area is 115 Å². The molecule has 2 rings (SSSR count). The van der Waals surface area contributed by atoms with Crippen LogP contribution in [0.1, 0.15) is 24.4 Å². The van der Waals surface area contributed by atoms with Gasteiger partial charge in [0.2, 0.25) is 0 Å². The highest BCUT2D eigenvalue weighted by Gasteiger charge is 2.25. The van der Waals surface area contributed by atoms with E-state index in [1.54, 1.807) is 7.11 Å². The van der Waals surface area contributed by atoms with Crippen molar-refractivity contribution in [1.82, 2.24) is 10.2 Å². The Hall–Kier alpha value is -1.10. The van der Waals surface area contributed by atoms with E-state index >= 15 is 0 Å². The molecule has 0 aromatic heterocycles. The van der Waals surface area contributed by atoms with E-state index in [2.05, 4.69) is 22.3 Å². The number of nitrogens with two attached hydrogens (primary N) is 1. The van der Waals surface area contributed by atoms with Gasteiger partial charge >= 0.3 is 0 Å². The molecule has 1 aromatic carbocycles. The number of para-hydroxylation sites is 1. The van der Waals surface area contributed by atoms with Crippen molar-refractivity contribution in [3.63, 3.8) is 0 Å². The van der Waals surface area contributed by atoms with Crippen LogP contribution in [-0.2, 0) is 0 Å². The van der Waals surface area contributed by atoms with Crippen molar-refractivity contribution in [2.24, 2.45) is 5.73 Å². The Morgan fingerprint density at radius 1 is 1.37 bits per heavy atom. The summed E-state index contributed by atoms with van der Waals surface area (Å²) >= 11 is 0. The molecule has 0 saturated carbocycles. The van der Waals surface area contributed by atoms with Gasteiger partial charge in [0.1, 0.15) is 5.75 Å².